The lowest BCUT2D eigenvalue weighted by Crippen LogP contribution is -2.21. The second-order valence-electron chi connectivity index (χ2n) is 4.33. The highest BCUT2D eigenvalue weighted by Crippen LogP contribution is 2.30. The standard InChI is InChI=1S/C15H16BrClN2O/c1-20-12-5-6-14(16)13(8-12)15(9-18)19-11-4-2-3-10(17)7-11/h2-8,15,19H,9,18H2,1H3. The van der Waals surface area contributed by atoms with Crippen LogP contribution in [-0.4, -0.2) is 13.7 Å². The number of methoxy groups -OCH3 is 1. The van der Waals surface area contributed by atoms with E-state index in [9.17, 15) is 0 Å². The normalized spacial score (nSPS) is 12.0. The topological polar surface area (TPSA) is 47.3 Å². The van der Waals surface area contributed by atoms with Crippen molar-refractivity contribution in [1.82, 2.24) is 0 Å². The van der Waals surface area contributed by atoms with Crippen molar-refractivity contribution in [2.45, 2.75) is 6.04 Å². The SMILES string of the molecule is COc1ccc(Br)c(C(CN)Nc2cccc(Cl)c2)c1. The zero-order valence-corrected chi connectivity index (χ0v) is 13.4. The molecule has 1 unspecified atom stereocenters. The van der Waals surface area contributed by atoms with E-state index in [0.717, 1.165) is 21.5 Å². The van der Waals surface area contributed by atoms with Crippen molar-refractivity contribution in [3.8, 4) is 5.75 Å². The van der Waals surface area contributed by atoms with Crippen molar-refractivity contribution < 1.29 is 4.74 Å². The fourth-order valence-electron chi connectivity index (χ4n) is 1.96. The number of nitrogens with one attached hydrogen (secondary N) is 1. The Kier molecular flexibility index (Phi) is 5.29. The van der Waals surface area contributed by atoms with E-state index in [4.69, 9.17) is 22.1 Å². The van der Waals surface area contributed by atoms with Crippen LogP contribution in [0.4, 0.5) is 5.69 Å². The molecule has 3 nitrogen and oxygen atoms in total. The number of benzene rings is 2. The second kappa shape index (κ2) is 6.97. The maximum atomic E-state index is 6.00. The number of halogens is 2. The Morgan fingerprint density at radius 2 is 2.10 bits per heavy atom. The summed E-state index contributed by atoms with van der Waals surface area (Å²) in [4.78, 5) is 0. The van der Waals surface area contributed by atoms with Gasteiger partial charge in [-0.1, -0.05) is 33.6 Å². The third-order valence-electron chi connectivity index (χ3n) is 2.98. The Bertz CT molecular complexity index is 592. The molecule has 2 aromatic carbocycles. The zero-order chi connectivity index (χ0) is 14.5. The molecule has 3 N–H and O–H groups in total. The number of ether oxygens (including phenoxy) is 1. The van der Waals surface area contributed by atoms with E-state index >= 15 is 0 Å². The first-order chi connectivity index (χ1) is 9.63. The Hall–Kier alpha value is -1.23. The molecular formula is C15H16BrClN2O. The fraction of sp³-hybridized carbons (Fsp3) is 0.200. The van der Waals surface area contributed by atoms with Crippen LogP contribution in [0.5, 0.6) is 5.75 Å². The Labute approximate surface area is 132 Å². The summed E-state index contributed by atoms with van der Waals surface area (Å²) >= 11 is 9.55. The maximum absolute atomic E-state index is 6.00. The van der Waals surface area contributed by atoms with Crippen LogP contribution in [0.25, 0.3) is 0 Å². The number of hydrogen-bond donors (Lipinski definition) is 2. The second-order valence-corrected chi connectivity index (χ2v) is 5.62. The highest BCUT2D eigenvalue weighted by Gasteiger charge is 2.14. The van der Waals surface area contributed by atoms with Gasteiger partial charge in [-0.15, -0.1) is 0 Å². The minimum Gasteiger partial charge on any atom is -0.497 e. The highest BCUT2D eigenvalue weighted by atomic mass is 79.9. The average molecular weight is 356 g/mol. The Balaban J connectivity index is 2.28. The predicted octanol–water partition coefficient (Wildman–Crippen LogP) is 4.22. The lowest BCUT2D eigenvalue weighted by Gasteiger charge is -2.20. The molecule has 0 heterocycles. The molecule has 1 atom stereocenters. The molecule has 0 aliphatic rings. The molecule has 0 aromatic heterocycles. The minimum atomic E-state index is -0.0297. The summed E-state index contributed by atoms with van der Waals surface area (Å²) in [5.74, 6) is 0.801. The highest BCUT2D eigenvalue weighted by molar-refractivity contribution is 9.10. The van der Waals surface area contributed by atoms with Crippen molar-refractivity contribution in [1.29, 1.82) is 0 Å². The molecular weight excluding hydrogens is 340 g/mol. The van der Waals surface area contributed by atoms with Gasteiger partial charge >= 0.3 is 0 Å². The average Bonchev–Trinajstić information content (AvgIpc) is 2.46. The maximum Gasteiger partial charge on any atom is 0.119 e. The van der Waals surface area contributed by atoms with Gasteiger partial charge in [-0.05, 0) is 42.0 Å². The summed E-state index contributed by atoms with van der Waals surface area (Å²) in [6.45, 7) is 0.457. The van der Waals surface area contributed by atoms with Crippen LogP contribution in [-0.2, 0) is 0 Å². The van der Waals surface area contributed by atoms with Gasteiger partial charge in [0.1, 0.15) is 5.75 Å². The van der Waals surface area contributed by atoms with E-state index in [1.165, 1.54) is 0 Å². The molecule has 0 radical (unpaired) electrons. The van der Waals surface area contributed by atoms with Crippen molar-refractivity contribution >= 4 is 33.2 Å². The van der Waals surface area contributed by atoms with Crippen molar-refractivity contribution in [3.05, 3.63) is 57.5 Å². The van der Waals surface area contributed by atoms with Gasteiger partial charge in [-0.2, -0.15) is 0 Å². The first-order valence-electron chi connectivity index (χ1n) is 6.19. The van der Waals surface area contributed by atoms with Crippen molar-refractivity contribution in [2.24, 2.45) is 5.73 Å². The van der Waals surface area contributed by atoms with Crippen molar-refractivity contribution in [3.63, 3.8) is 0 Å². The number of hydrogen-bond acceptors (Lipinski definition) is 3. The van der Waals surface area contributed by atoms with Gasteiger partial charge in [-0.25, -0.2) is 0 Å². The predicted molar refractivity (Wildman–Crippen MR) is 87.6 cm³/mol. The molecule has 0 spiro atoms. The summed E-state index contributed by atoms with van der Waals surface area (Å²) in [7, 11) is 1.65. The molecule has 0 fully saturated rings. The van der Waals surface area contributed by atoms with Gasteiger partial charge in [0.25, 0.3) is 0 Å². The third-order valence-corrected chi connectivity index (χ3v) is 3.94. The van der Waals surface area contributed by atoms with Crippen molar-refractivity contribution in [2.75, 3.05) is 19.0 Å². The van der Waals surface area contributed by atoms with Crippen LogP contribution in [0, 0.1) is 0 Å². The molecule has 2 rings (SSSR count). The quantitative estimate of drug-likeness (QED) is 0.844. The van der Waals surface area contributed by atoms with Crippen LogP contribution in [0.3, 0.4) is 0 Å². The molecule has 0 aliphatic heterocycles. The molecule has 2 aromatic rings. The van der Waals surface area contributed by atoms with E-state index in [0.29, 0.717) is 11.6 Å². The third kappa shape index (κ3) is 3.66. The lowest BCUT2D eigenvalue weighted by atomic mass is 10.1. The van der Waals surface area contributed by atoms with Crippen LogP contribution in [0.1, 0.15) is 11.6 Å². The van der Waals surface area contributed by atoms with Crippen LogP contribution >= 0.6 is 27.5 Å². The van der Waals surface area contributed by atoms with E-state index in [-0.39, 0.29) is 6.04 Å². The molecule has 0 bridgehead atoms. The molecule has 106 valence electrons. The molecule has 0 saturated heterocycles. The molecule has 0 amide bonds. The monoisotopic (exact) mass is 354 g/mol. The van der Waals surface area contributed by atoms with Gasteiger partial charge < -0.3 is 15.8 Å². The first kappa shape index (κ1) is 15.2. The number of rotatable bonds is 5. The number of nitrogens with two attached hydrogens (primary N) is 1. The van der Waals surface area contributed by atoms with E-state index < -0.39 is 0 Å². The van der Waals surface area contributed by atoms with Crippen LogP contribution in [0.2, 0.25) is 5.02 Å². The lowest BCUT2D eigenvalue weighted by molar-refractivity contribution is 0.414. The summed E-state index contributed by atoms with van der Waals surface area (Å²) in [5.41, 5.74) is 7.87. The van der Waals surface area contributed by atoms with Gasteiger partial charge in [0.15, 0.2) is 0 Å². The Morgan fingerprint density at radius 3 is 2.75 bits per heavy atom. The first-order valence-corrected chi connectivity index (χ1v) is 7.36. The number of anilines is 1. The van der Waals surface area contributed by atoms with E-state index in [1.807, 2.05) is 42.5 Å². The summed E-state index contributed by atoms with van der Waals surface area (Å²) in [6, 6.07) is 13.4. The summed E-state index contributed by atoms with van der Waals surface area (Å²) in [6.07, 6.45) is 0. The van der Waals surface area contributed by atoms with Gasteiger partial charge in [-0.3, -0.25) is 0 Å². The van der Waals surface area contributed by atoms with Gasteiger partial charge in [0.05, 0.1) is 13.2 Å². The summed E-state index contributed by atoms with van der Waals surface area (Å²) in [5, 5.41) is 4.07. The van der Waals surface area contributed by atoms with Gasteiger partial charge in [0, 0.05) is 21.7 Å². The zero-order valence-electron chi connectivity index (χ0n) is 11.1. The van der Waals surface area contributed by atoms with E-state index in [2.05, 4.69) is 21.2 Å². The van der Waals surface area contributed by atoms with Gasteiger partial charge in [0.2, 0.25) is 0 Å². The largest absolute Gasteiger partial charge is 0.497 e. The minimum absolute atomic E-state index is 0.0297. The van der Waals surface area contributed by atoms with Crippen LogP contribution in [0.15, 0.2) is 46.9 Å². The molecule has 0 aliphatic carbocycles. The molecule has 0 saturated carbocycles. The molecule has 20 heavy (non-hydrogen) atoms. The smallest absolute Gasteiger partial charge is 0.119 e. The molecule has 5 heteroatoms. The van der Waals surface area contributed by atoms with E-state index in [1.54, 1.807) is 7.11 Å². The summed E-state index contributed by atoms with van der Waals surface area (Å²) < 4.78 is 6.25. The Morgan fingerprint density at radius 1 is 1.30 bits per heavy atom. The van der Waals surface area contributed by atoms with Crippen LogP contribution < -0.4 is 15.8 Å². The fourth-order valence-corrected chi connectivity index (χ4v) is 2.67.